The van der Waals surface area contributed by atoms with Crippen LogP contribution >= 0.6 is 0 Å². The van der Waals surface area contributed by atoms with Crippen LogP contribution in [0.25, 0.3) is 17.7 Å². The number of anilines is 1. The van der Waals surface area contributed by atoms with E-state index in [1.807, 2.05) is 50.6 Å². The molecule has 2 amide bonds. The number of benzene rings is 2. The van der Waals surface area contributed by atoms with Crippen molar-refractivity contribution in [3.63, 3.8) is 0 Å². The third-order valence-electron chi connectivity index (χ3n) is 6.56. The molecule has 1 aliphatic heterocycles. The second-order valence-corrected chi connectivity index (χ2v) is 10.1. The van der Waals surface area contributed by atoms with Crippen molar-refractivity contribution >= 4 is 35.2 Å². The monoisotopic (exact) mass is 570 g/mol. The highest BCUT2D eigenvalue weighted by molar-refractivity contribution is 6.34. The van der Waals surface area contributed by atoms with E-state index in [1.165, 1.54) is 12.4 Å². The predicted molar refractivity (Wildman–Crippen MR) is 156 cm³/mol. The fourth-order valence-corrected chi connectivity index (χ4v) is 4.61. The van der Waals surface area contributed by atoms with Crippen LogP contribution in [0.15, 0.2) is 72.1 Å². The van der Waals surface area contributed by atoms with Crippen molar-refractivity contribution in [1.82, 2.24) is 24.8 Å². The molecule has 42 heavy (non-hydrogen) atoms. The molecule has 11 heteroatoms. The van der Waals surface area contributed by atoms with E-state index >= 15 is 0 Å². The van der Waals surface area contributed by atoms with E-state index < -0.39 is 23.1 Å². The van der Waals surface area contributed by atoms with Crippen LogP contribution in [0.5, 0.6) is 0 Å². The molecule has 0 saturated heterocycles. The van der Waals surface area contributed by atoms with Crippen molar-refractivity contribution in [2.45, 2.75) is 13.1 Å². The normalized spacial score (nSPS) is 13.6. The zero-order valence-corrected chi connectivity index (χ0v) is 22.9. The molecule has 0 fully saturated rings. The molecule has 2 aromatic heterocycles. The molecule has 0 aliphatic carbocycles. The van der Waals surface area contributed by atoms with Crippen molar-refractivity contribution in [3.8, 4) is 0 Å². The first-order valence-electron chi connectivity index (χ1n) is 13.1. The molecular formula is C31H28F2N6O3. The third kappa shape index (κ3) is 6.42. The van der Waals surface area contributed by atoms with Crippen molar-refractivity contribution in [1.29, 1.82) is 0 Å². The number of hydrogen-bond donors (Lipinski definition) is 3. The van der Waals surface area contributed by atoms with Gasteiger partial charge in [-0.25, -0.2) is 13.8 Å². The van der Waals surface area contributed by atoms with Gasteiger partial charge in [0.15, 0.2) is 11.6 Å². The van der Waals surface area contributed by atoms with Crippen LogP contribution in [-0.2, 0) is 17.9 Å². The summed E-state index contributed by atoms with van der Waals surface area (Å²) in [5, 5.41) is 5.55. The maximum atomic E-state index is 13.5. The molecule has 9 nitrogen and oxygen atoms in total. The summed E-state index contributed by atoms with van der Waals surface area (Å²) in [5.41, 5.74) is 4.39. The van der Waals surface area contributed by atoms with Crippen LogP contribution in [0.4, 0.5) is 14.5 Å². The van der Waals surface area contributed by atoms with Crippen LogP contribution in [0.2, 0.25) is 0 Å². The topological polar surface area (TPSA) is 112 Å². The highest BCUT2D eigenvalue weighted by Gasteiger charge is 2.24. The van der Waals surface area contributed by atoms with E-state index in [-0.39, 0.29) is 24.6 Å². The van der Waals surface area contributed by atoms with Gasteiger partial charge in [-0.15, -0.1) is 0 Å². The van der Waals surface area contributed by atoms with Gasteiger partial charge in [-0.1, -0.05) is 30.4 Å². The standard InChI is InChI=1S/C31H28F2N6O3/c1-38(2)16-21-10-22(36-14-21)13-24-23-7-5-19(12-28(23)37-30(24)41)4-3-9-35-29(40)25-15-34-18-39(31(25)42)17-20-6-8-26(32)27(33)11-20/h3-8,10-15,18,36H,9,16-17H2,1-2H3,(H,35,40)(H,37,41)/b4-3+,24-13-. The molecule has 214 valence electrons. The summed E-state index contributed by atoms with van der Waals surface area (Å²) in [4.78, 5) is 47.3. The number of carbonyl (C=O) groups is 2. The maximum Gasteiger partial charge on any atom is 0.266 e. The molecule has 0 atom stereocenters. The number of amides is 2. The molecule has 5 rings (SSSR count). The molecule has 0 radical (unpaired) electrons. The fraction of sp³-hybridized carbons (Fsp3) is 0.161. The molecule has 3 heterocycles. The Morgan fingerprint density at radius 1 is 1.07 bits per heavy atom. The van der Waals surface area contributed by atoms with Gasteiger partial charge in [-0.2, -0.15) is 0 Å². The Bertz CT molecular complexity index is 1790. The molecule has 0 saturated carbocycles. The van der Waals surface area contributed by atoms with Crippen molar-refractivity contribution in [2.24, 2.45) is 0 Å². The van der Waals surface area contributed by atoms with E-state index in [2.05, 4.69) is 25.5 Å². The van der Waals surface area contributed by atoms with Gasteiger partial charge in [0, 0.05) is 42.4 Å². The predicted octanol–water partition coefficient (Wildman–Crippen LogP) is 3.90. The highest BCUT2D eigenvalue weighted by Crippen LogP contribution is 2.34. The first kappa shape index (κ1) is 28.4. The van der Waals surface area contributed by atoms with Crippen LogP contribution in [0.3, 0.4) is 0 Å². The van der Waals surface area contributed by atoms with Crippen LogP contribution in [0, 0.1) is 11.6 Å². The van der Waals surface area contributed by atoms with Crippen LogP contribution < -0.4 is 16.2 Å². The lowest BCUT2D eigenvalue weighted by Gasteiger charge is -2.08. The van der Waals surface area contributed by atoms with Crippen LogP contribution in [0.1, 0.15) is 38.3 Å². The van der Waals surface area contributed by atoms with Gasteiger partial charge in [-0.05, 0) is 61.1 Å². The quantitative estimate of drug-likeness (QED) is 0.265. The van der Waals surface area contributed by atoms with Gasteiger partial charge in [-0.3, -0.25) is 19.0 Å². The Morgan fingerprint density at radius 3 is 2.69 bits per heavy atom. The third-order valence-corrected chi connectivity index (χ3v) is 6.56. The zero-order valence-electron chi connectivity index (χ0n) is 22.9. The molecule has 0 spiro atoms. The Kier molecular flexibility index (Phi) is 8.21. The largest absolute Gasteiger partial charge is 0.361 e. The summed E-state index contributed by atoms with van der Waals surface area (Å²) in [6, 6.07) is 10.9. The lowest BCUT2D eigenvalue weighted by atomic mass is 10.0. The van der Waals surface area contributed by atoms with E-state index in [0.29, 0.717) is 16.8 Å². The first-order valence-corrected chi connectivity index (χ1v) is 13.1. The molecule has 1 aliphatic rings. The number of nitrogens with zero attached hydrogens (tertiary/aromatic N) is 3. The number of halogens is 2. The SMILES string of the molecule is CN(C)Cc1c[nH]c(/C=C2\C(=O)Nc3cc(/C=C/CNC(=O)c4cncn(Cc5ccc(F)c(F)c5)c4=O)ccc32)c1. The van der Waals surface area contributed by atoms with Gasteiger partial charge >= 0.3 is 0 Å². The first-order chi connectivity index (χ1) is 20.2. The Hall–Kier alpha value is -5.16. The number of H-pyrrole nitrogens is 1. The summed E-state index contributed by atoms with van der Waals surface area (Å²) in [6.45, 7) is 0.851. The minimum Gasteiger partial charge on any atom is -0.361 e. The molecule has 3 N–H and O–H groups in total. The number of aromatic nitrogens is 3. The molecule has 4 aromatic rings. The number of carbonyl (C=O) groups excluding carboxylic acids is 2. The summed E-state index contributed by atoms with van der Waals surface area (Å²) >= 11 is 0. The smallest absolute Gasteiger partial charge is 0.266 e. The molecule has 0 bridgehead atoms. The number of aromatic amines is 1. The number of hydrogen-bond acceptors (Lipinski definition) is 5. The average Bonchev–Trinajstić information content (AvgIpc) is 3.52. The second-order valence-electron chi connectivity index (χ2n) is 10.1. The molecule has 0 unspecified atom stereocenters. The van der Waals surface area contributed by atoms with Gasteiger partial charge in [0.05, 0.1) is 18.4 Å². The van der Waals surface area contributed by atoms with Gasteiger partial charge in [0.1, 0.15) is 5.56 Å². The van der Waals surface area contributed by atoms with Gasteiger partial charge in [0.2, 0.25) is 0 Å². The van der Waals surface area contributed by atoms with Crippen LogP contribution in [-0.4, -0.2) is 51.9 Å². The fourth-order valence-electron chi connectivity index (χ4n) is 4.61. The lowest BCUT2D eigenvalue weighted by molar-refractivity contribution is -0.110. The second kappa shape index (κ2) is 12.1. The van der Waals surface area contributed by atoms with Crippen molar-refractivity contribution in [2.75, 3.05) is 26.0 Å². The Balaban J connectivity index is 1.21. The summed E-state index contributed by atoms with van der Waals surface area (Å²) in [6.07, 6.45) is 9.65. The summed E-state index contributed by atoms with van der Waals surface area (Å²) in [5.74, 6) is -2.82. The Labute approximate surface area is 240 Å². The summed E-state index contributed by atoms with van der Waals surface area (Å²) < 4.78 is 27.9. The zero-order chi connectivity index (χ0) is 29.8. The average molecular weight is 571 g/mol. The van der Waals surface area contributed by atoms with Gasteiger partial charge < -0.3 is 20.5 Å². The van der Waals surface area contributed by atoms with E-state index in [9.17, 15) is 23.2 Å². The van der Waals surface area contributed by atoms with Crippen molar-refractivity contribution < 1.29 is 18.4 Å². The van der Waals surface area contributed by atoms with Crippen molar-refractivity contribution in [3.05, 3.63) is 123 Å². The minimum atomic E-state index is -1.03. The van der Waals surface area contributed by atoms with Gasteiger partial charge in [0.25, 0.3) is 17.4 Å². The number of fused-ring (bicyclic) bond motifs is 1. The minimum absolute atomic E-state index is 0.0711. The van der Waals surface area contributed by atoms with E-state index in [1.54, 1.807) is 12.2 Å². The summed E-state index contributed by atoms with van der Waals surface area (Å²) in [7, 11) is 3.99. The molecular weight excluding hydrogens is 542 g/mol. The lowest BCUT2D eigenvalue weighted by Crippen LogP contribution is -2.33. The van der Waals surface area contributed by atoms with E-state index in [4.69, 9.17) is 0 Å². The number of nitrogens with one attached hydrogen (secondary N) is 3. The Morgan fingerprint density at radius 2 is 1.90 bits per heavy atom. The highest BCUT2D eigenvalue weighted by atomic mass is 19.2. The number of rotatable bonds is 9. The van der Waals surface area contributed by atoms with E-state index in [0.717, 1.165) is 51.8 Å². The molecule has 2 aromatic carbocycles. The maximum absolute atomic E-state index is 13.5.